The van der Waals surface area contributed by atoms with E-state index in [0.717, 1.165) is 6.42 Å². The van der Waals surface area contributed by atoms with Crippen molar-refractivity contribution < 1.29 is 13.5 Å². The summed E-state index contributed by atoms with van der Waals surface area (Å²) in [6.07, 6.45) is 0.847. The van der Waals surface area contributed by atoms with Crippen LogP contribution in [-0.4, -0.2) is 19.3 Å². The zero-order chi connectivity index (χ0) is 13.1. The molecule has 1 aromatic carbocycles. The first-order chi connectivity index (χ1) is 8.65. The van der Waals surface area contributed by atoms with Crippen molar-refractivity contribution in [2.45, 2.75) is 32.4 Å². The largest absolute Gasteiger partial charge is 0.378 e. The van der Waals surface area contributed by atoms with Gasteiger partial charge in [0, 0.05) is 24.1 Å². The van der Waals surface area contributed by atoms with Crippen LogP contribution in [0.15, 0.2) is 18.2 Å². The van der Waals surface area contributed by atoms with E-state index in [9.17, 15) is 8.78 Å². The Hall–Kier alpha value is -1.00. The molecule has 0 radical (unpaired) electrons. The zero-order valence-electron chi connectivity index (χ0n) is 10.7. The molecule has 1 aliphatic rings. The fourth-order valence-corrected chi connectivity index (χ4v) is 2.68. The van der Waals surface area contributed by atoms with Crippen molar-refractivity contribution in [3.63, 3.8) is 0 Å². The predicted octanol–water partition coefficient (Wildman–Crippen LogP) is 3.04. The summed E-state index contributed by atoms with van der Waals surface area (Å²) in [4.78, 5) is 0. The summed E-state index contributed by atoms with van der Waals surface area (Å²) in [5.74, 6) is -0.864. The van der Waals surface area contributed by atoms with Gasteiger partial charge in [-0.05, 0) is 32.0 Å². The van der Waals surface area contributed by atoms with Crippen molar-refractivity contribution in [1.29, 1.82) is 0 Å². The standard InChI is InChI=1S/C14H19F2NO/c1-3-17-14(10-7-8-18-9(10)2)13-11(15)5-4-6-12(13)16/h4-6,9-10,14,17H,3,7-8H2,1-2H3. The molecule has 1 saturated heterocycles. The second-order valence-corrected chi connectivity index (χ2v) is 4.70. The van der Waals surface area contributed by atoms with Crippen LogP contribution in [-0.2, 0) is 4.74 Å². The van der Waals surface area contributed by atoms with Gasteiger partial charge in [0.25, 0.3) is 0 Å². The molecule has 0 bridgehead atoms. The first-order valence-electron chi connectivity index (χ1n) is 6.44. The van der Waals surface area contributed by atoms with E-state index in [1.807, 2.05) is 13.8 Å². The van der Waals surface area contributed by atoms with Gasteiger partial charge in [-0.1, -0.05) is 13.0 Å². The highest BCUT2D eigenvalue weighted by Gasteiger charge is 2.35. The van der Waals surface area contributed by atoms with Crippen LogP contribution in [0, 0.1) is 17.6 Å². The monoisotopic (exact) mass is 255 g/mol. The van der Waals surface area contributed by atoms with Crippen molar-refractivity contribution in [3.05, 3.63) is 35.4 Å². The van der Waals surface area contributed by atoms with Gasteiger partial charge in [0.05, 0.1) is 6.10 Å². The predicted molar refractivity (Wildman–Crippen MR) is 66.3 cm³/mol. The Kier molecular flexibility index (Phi) is 4.30. The zero-order valence-corrected chi connectivity index (χ0v) is 10.7. The Bertz CT molecular complexity index is 391. The Morgan fingerprint density at radius 1 is 1.39 bits per heavy atom. The van der Waals surface area contributed by atoms with Gasteiger partial charge >= 0.3 is 0 Å². The van der Waals surface area contributed by atoms with Gasteiger partial charge < -0.3 is 10.1 Å². The Labute approximate surface area is 106 Å². The summed E-state index contributed by atoms with van der Waals surface area (Å²) in [5.41, 5.74) is 0.140. The number of benzene rings is 1. The molecule has 2 nitrogen and oxygen atoms in total. The summed E-state index contributed by atoms with van der Waals surface area (Å²) in [5, 5.41) is 3.19. The van der Waals surface area contributed by atoms with Crippen LogP contribution in [0.4, 0.5) is 8.78 Å². The van der Waals surface area contributed by atoms with E-state index in [0.29, 0.717) is 13.2 Å². The number of halogens is 2. The fraction of sp³-hybridized carbons (Fsp3) is 0.571. The average molecular weight is 255 g/mol. The van der Waals surface area contributed by atoms with E-state index in [2.05, 4.69) is 5.32 Å². The summed E-state index contributed by atoms with van der Waals surface area (Å²) in [7, 11) is 0. The van der Waals surface area contributed by atoms with Crippen LogP contribution < -0.4 is 5.32 Å². The molecule has 0 spiro atoms. The van der Waals surface area contributed by atoms with Crippen LogP contribution in [0.5, 0.6) is 0 Å². The van der Waals surface area contributed by atoms with Gasteiger partial charge in [0.15, 0.2) is 0 Å². The molecular weight excluding hydrogens is 236 g/mol. The molecule has 1 aromatic rings. The molecule has 0 saturated carbocycles. The molecule has 0 aromatic heterocycles. The van der Waals surface area contributed by atoms with Crippen molar-refractivity contribution in [3.8, 4) is 0 Å². The van der Waals surface area contributed by atoms with Crippen molar-refractivity contribution in [2.24, 2.45) is 5.92 Å². The van der Waals surface area contributed by atoms with Gasteiger partial charge in [-0.2, -0.15) is 0 Å². The minimum absolute atomic E-state index is 0.0213. The molecule has 0 amide bonds. The Morgan fingerprint density at radius 3 is 2.56 bits per heavy atom. The first-order valence-corrected chi connectivity index (χ1v) is 6.44. The number of ether oxygens (including phenoxy) is 1. The molecule has 100 valence electrons. The minimum Gasteiger partial charge on any atom is -0.378 e. The molecular formula is C14H19F2NO. The fourth-order valence-electron chi connectivity index (χ4n) is 2.68. The molecule has 1 aliphatic heterocycles. The van der Waals surface area contributed by atoms with E-state index < -0.39 is 11.6 Å². The number of hydrogen-bond acceptors (Lipinski definition) is 2. The summed E-state index contributed by atoms with van der Waals surface area (Å²) >= 11 is 0. The summed E-state index contributed by atoms with van der Waals surface area (Å²) < 4.78 is 33.3. The summed E-state index contributed by atoms with van der Waals surface area (Å²) in [6.45, 7) is 5.22. The second kappa shape index (κ2) is 5.76. The third-order valence-electron chi connectivity index (χ3n) is 3.60. The highest BCUT2D eigenvalue weighted by Crippen LogP contribution is 2.35. The lowest BCUT2D eigenvalue weighted by Crippen LogP contribution is -2.33. The topological polar surface area (TPSA) is 21.3 Å². The van der Waals surface area contributed by atoms with E-state index in [1.54, 1.807) is 0 Å². The molecule has 4 heteroatoms. The van der Waals surface area contributed by atoms with Gasteiger partial charge in [0.2, 0.25) is 0 Å². The maximum Gasteiger partial charge on any atom is 0.130 e. The number of rotatable bonds is 4. The SMILES string of the molecule is CCNC(c1c(F)cccc1F)C1CCOC1C. The van der Waals surface area contributed by atoms with Crippen LogP contribution in [0.1, 0.15) is 31.9 Å². The van der Waals surface area contributed by atoms with Crippen LogP contribution >= 0.6 is 0 Å². The van der Waals surface area contributed by atoms with Crippen LogP contribution in [0.3, 0.4) is 0 Å². The normalized spacial score (nSPS) is 25.3. The lowest BCUT2D eigenvalue weighted by atomic mass is 9.87. The molecule has 3 atom stereocenters. The highest BCUT2D eigenvalue weighted by molar-refractivity contribution is 5.24. The minimum atomic E-state index is -0.486. The quantitative estimate of drug-likeness (QED) is 0.893. The molecule has 1 heterocycles. The van der Waals surface area contributed by atoms with E-state index >= 15 is 0 Å². The lowest BCUT2D eigenvalue weighted by molar-refractivity contribution is 0.0947. The van der Waals surface area contributed by atoms with E-state index in [4.69, 9.17) is 4.74 Å². The Morgan fingerprint density at radius 2 is 2.06 bits per heavy atom. The van der Waals surface area contributed by atoms with E-state index in [1.165, 1.54) is 18.2 Å². The van der Waals surface area contributed by atoms with Crippen LogP contribution in [0.25, 0.3) is 0 Å². The maximum absolute atomic E-state index is 13.9. The molecule has 2 rings (SSSR count). The van der Waals surface area contributed by atoms with Crippen LogP contribution in [0.2, 0.25) is 0 Å². The maximum atomic E-state index is 13.9. The lowest BCUT2D eigenvalue weighted by Gasteiger charge is -2.27. The van der Waals surface area contributed by atoms with Gasteiger partial charge in [-0.15, -0.1) is 0 Å². The van der Waals surface area contributed by atoms with Gasteiger partial charge in [0.1, 0.15) is 11.6 Å². The highest BCUT2D eigenvalue weighted by atomic mass is 19.1. The van der Waals surface area contributed by atoms with Crippen molar-refractivity contribution in [1.82, 2.24) is 5.32 Å². The number of nitrogens with one attached hydrogen (secondary N) is 1. The van der Waals surface area contributed by atoms with Crippen molar-refractivity contribution in [2.75, 3.05) is 13.2 Å². The third-order valence-corrected chi connectivity index (χ3v) is 3.60. The smallest absolute Gasteiger partial charge is 0.130 e. The second-order valence-electron chi connectivity index (χ2n) is 4.70. The molecule has 0 aliphatic carbocycles. The molecule has 1 N–H and O–H groups in total. The Balaban J connectivity index is 2.34. The van der Waals surface area contributed by atoms with Gasteiger partial charge in [-0.25, -0.2) is 8.78 Å². The molecule has 3 unspecified atom stereocenters. The average Bonchev–Trinajstić information content (AvgIpc) is 2.74. The van der Waals surface area contributed by atoms with Crippen molar-refractivity contribution >= 4 is 0 Å². The number of hydrogen-bond donors (Lipinski definition) is 1. The van der Waals surface area contributed by atoms with Gasteiger partial charge in [-0.3, -0.25) is 0 Å². The summed E-state index contributed by atoms with van der Waals surface area (Å²) in [6, 6.07) is 3.69. The third kappa shape index (κ3) is 2.54. The first kappa shape index (κ1) is 13.4. The van der Waals surface area contributed by atoms with E-state index in [-0.39, 0.29) is 23.6 Å². The molecule has 18 heavy (non-hydrogen) atoms. The molecule has 1 fully saturated rings.